The predicted molar refractivity (Wildman–Crippen MR) is 135 cm³/mol. The van der Waals surface area contributed by atoms with Gasteiger partial charge in [-0.3, -0.25) is 4.79 Å². The van der Waals surface area contributed by atoms with E-state index in [-0.39, 0.29) is 5.91 Å². The van der Waals surface area contributed by atoms with E-state index in [1.807, 2.05) is 29.5 Å². The lowest BCUT2D eigenvalue weighted by Crippen LogP contribution is -2.26. The molecule has 0 unspecified atom stereocenters. The molecule has 0 aliphatic carbocycles. The molecule has 1 heterocycles. The van der Waals surface area contributed by atoms with Crippen molar-refractivity contribution in [2.24, 2.45) is 0 Å². The van der Waals surface area contributed by atoms with Gasteiger partial charge in [-0.25, -0.2) is 0 Å². The Morgan fingerprint density at radius 3 is 2.62 bits per heavy atom. The normalized spacial score (nSPS) is 11.0. The van der Waals surface area contributed by atoms with Gasteiger partial charge >= 0.3 is 0 Å². The molecule has 5 heteroatoms. The SMILES string of the molecule is COCCNC(=O)c1cccc(-c2cccc3cc(Cc4cccc(N(C)C)c4)sc23)c1. The minimum absolute atomic E-state index is 0.0799. The van der Waals surface area contributed by atoms with Gasteiger partial charge in [-0.15, -0.1) is 11.3 Å². The third kappa shape index (κ3) is 5.01. The van der Waals surface area contributed by atoms with E-state index in [1.165, 1.54) is 26.2 Å². The molecule has 0 aliphatic heterocycles. The Kier molecular flexibility index (Phi) is 6.88. The highest BCUT2D eigenvalue weighted by atomic mass is 32.1. The van der Waals surface area contributed by atoms with Gasteiger partial charge in [-0.05, 0) is 52.4 Å². The van der Waals surface area contributed by atoms with Crippen molar-refractivity contribution in [1.82, 2.24) is 5.32 Å². The first-order valence-corrected chi connectivity index (χ1v) is 11.5. The van der Waals surface area contributed by atoms with Crippen LogP contribution in [0.25, 0.3) is 21.2 Å². The highest BCUT2D eigenvalue weighted by Crippen LogP contribution is 2.36. The van der Waals surface area contributed by atoms with E-state index >= 15 is 0 Å². The topological polar surface area (TPSA) is 41.6 Å². The van der Waals surface area contributed by atoms with E-state index in [1.54, 1.807) is 7.11 Å². The first-order valence-electron chi connectivity index (χ1n) is 10.7. The number of thiophene rings is 1. The van der Waals surface area contributed by atoms with E-state index < -0.39 is 0 Å². The van der Waals surface area contributed by atoms with Gasteiger partial charge in [0.2, 0.25) is 0 Å². The standard InChI is InChI=1S/C27H28N2O2S/c1-29(2)23-11-4-7-19(15-23)16-24-18-21-9-6-12-25(26(21)32-24)20-8-5-10-22(17-20)27(30)28-13-14-31-3/h4-12,15,17-18H,13-14,16H2,1-3H3,(H,28,30). The van der Waals surface area contributed by atoms with Crippen molar-refractivity contribution in [2.75, 3.05) is 39.3 Å². The Hall–Kier alpha value is -3.15. The van der Waals surface area contributed by atoms with Crippen LogP contribution in [0.15, 0.2) is 72.8 Å². The molecule has 1 N–H and O–H groups in total. The lowest BCUT2D eigenvalue weighted by atomic mass is 10.0. The average molecular weight is 445 g/mol. The first-order chi connectivity index (χ1) is 15.5. The molecule has 4 nitrogen and oxygen atoms in total. The Bertz CT molecular complexity index is 1230. The number of amides is 1. The van der Waals surface area contributed by atoms with Crippen molar-refractivity contribution in [1.29, 1.82) is 0 Å². The summed E-state index contributed by atoms with van der Waals surface area (Å²) in [5, 5.41) is 4.13. The van der Waals surface area contributed by atoms with Crippen molar-refractivity contribution >= 4 is 33.0 Å². The van der Waals surface area contributed by atoms with Gasteiger partial charge in [0.15, 0.2) is 0 Å². The zero-order valence-electron chi connectivity index (χ0n) is 18.7. The lowest BCUT2D eigenvalue weighted by Gasteiger charge is -2.13. The highest BCUT2D eigenvalue weighted by Gasteiger charge is 2.12. The summed E-state index contributed by atoms with van der Waals surface area (Å²) < 4.78 is 6.27. The number of nitrogens with one attached hydrogen (secondary N) is 1. The van der Waals surface area contributed by atoms with Gasteiger partial charge in [-0.2, -0.15) is 0 Å². The maximum atomic E-state index is 12.5. The molecule has 1 amide bonds. The number of methoxy groups -OCH3 is 1. The molecule has 0 aliphatic rings. The molecular formula is C27H28N2O2S. The zero-order chi connectivity index (χ0) is 22.5. The van der Waals surface area contributed by atoms with Crippen molar-refractivity contribution in [2.45, 2.75) is 6.42 Å². The van der Waals surface area contributed by atoms with Crippen LogP contribution in [0.5, 0.6) is 0 Å². The van der Waals surface area contributed by atoms with Crippen molar-refractivity contribution in [3.63, 3.8) is 0 Å². The van der Waals surface area contributed by atoms with Crippen LogP contribution in [0.2, 0.25) is 0 Å². The van der Waals surface area contributed by atoms with Crippen LogP contribution in [0, 0.1) is 0 Å². The first kappa shape index (κ1) is 22.1. The summed E-state index contributed by atoms with van der Waals surface area (Å²) in [5.74, 6) is -0.0799. The molecule has 0 saturated heterocycles. The number of fused-ring (bicyclic) bond motifs is 1. The van der Waals surface area contributed by atoms with Crippen LogP contribution < -0.4 is 10.2 Å². The number of anilines is 1. The van der Waals surface area contributed by atoms with Gasteiger partial charge in [0.1, 0.15) is 0 Å². The zero-order valence-corrected chi connectivity index (χ0v) is 19.5. The number of carbonyl (C=O) groups is 1. The van der Waals surface area contributed by atoms with Gasteiger partial charge in [-0.1, -0.05) is 42.5 Å². The summed E-state index contributed by atoms with van der Waals surface area (Å²) in [5.41, 5.74) is 5.39. The van der Waals surface area contributed by atoms with E-state index in [4.69, 9.17) is 4.74 Å². The van der Waals surface area contributed by atoms with E-state index in [2.05, 4.69) is 78.9 Å². The fourth-order valence-electron chi connectivity index (χ4n) is 3.77. The number of hydrogen-bond donors (Lipinski definition) is 1. The van der Waals surface area contributed by atoms with Crippen LogP contribution >= 0.6 is 11.3 Å². The van der Waals surface area contributed by atoms with Crippen LogP contribution in [0.3, 0.4) is 0 Å². The fraction of sp³-hybridized carbons (Fsp3) is 0.222. The van der Waals surface area contributed by atoms with Gasteiger partial charge in [0.25, 0.3) is 5.91 Å². The third-order valence-corrected chi connectivity index (χ3v) is 6.61. The Balaban J connectivity index is 1.62. The van der Waals surface area contributed by atoms with Crippen molar-refractivity contribution in [3.05, 3.63) is 88.8 Å². The third-order valence-electron chi connectivity index (χ3n) is 5.43. The number of ether oxygens (including phenoxy) is 1. The monoisotopic (exact) mass is 444 g/mol. The van der Waals surface area contributed by atoms with E-state index in [0.29, 0.717) is 18.7 Å². The van der Waals surface area contributed by atoms with Gasteiger partial charge < -0.3 is 15.0 Å². The second kappa shape index (κ2) is 9.98. The fourth-order valence-corrected chi connectivity index (χ4v) is 5.00. The molecule has 0 spiro atoms. The quantitative estimate of drug-likeness (QED) is 0.360. The van der Waals surface area contributed by atoms with Crippen LogP contribution in [0.1, 0.15) is 20.8 Å². The molecule has 1 aromatic heterocycles. The molecule has 3 aromatic carbocycles. The Morgan fingerprint density at radius 2 is 1.81 bits per heavy atom. The number of carbonyl (C=O) groups excluding carboxylic acids is 1. The second-order valence-electron chi connectivity index (χ2n) is 8.01. The molecule has 0 saturated carbocycles. The minimum Gasteiger partial charge on any atom is -0.383 e. The molecular weight excluding hydrogens is 416 g/mol. The van der Waals surface area contributed by atoms with Crippen LogP contribution in [0.4, 0.5) is 5.69 Å². The molecule has 0 fully saturated rings. The largest absolute Gasteiger partial charge is 0.383 e. The molecule has 164 valence electrons. The number of rotatable bonds is 8. The maximum absolute atomic E-state index is 12.5. The number of hydrogen-bond acceptors (Lipinski definition) is 4. The maximum Gasteiger partial charge on any atom is 0.251 e. The molecule has 0 radical (unpaired) electrons. The highest BCUT2D eigenvalue weighted by molar-refractivity contribution is 7.19. The summed E-state index contributed by atoms with van der Waals surface area (Å²) in [6, 6.07) is 25.2. The van der Waals surface area contributed by atoms with Crippen LogP contribution in [-0.4, -0.2) is 40.3 Å². The van der Waals surface area contributed by atoms with Gasteiger partial charge in [0.05, 0.1) is 6.61 Å². The minimum atomic E-state index is -0.0799. The van der Waals surface area contributed by atoms with Crippen molar-refractivity contribution < 1.29 is 9.53 Å². The second-order valence-corrected chi connectivity index (χ2v) is 9.14. The summed E-state index contributed by atoms with van der Waals surface area (Å²) in [6.07, 6.45) is 0.905. The van der Waals surface area contributed by atoms with Crippen LogP contribution in [-0.2, 0) is 11.2 Å². The summed E-state index contributed by atoms with van der Waals surface area (Å²) >= 11 is 1.83. The summed E-state index contributed by atoms with van der Waals surface area (Å²) in [4.78, 5) is 15.9. The lowest BCUT2D eigenvalue weighted by molar-refractivity contribution is 0.0937. The van der Waals surface area contributed by atoms with E-state index in [0.717, 1.165) is 17.5 Å². The summed E-state index contributed by atoms with van der Waals surface area (Å²) in [7, 11) is 5.76. The molecule has 0 bridgehead atoms. The number of benzene rings is 3. The molecule has 4 rings (SSSR count). The molecule has 4 aromatic rings. The van der Waals surface area contributed by atoms with E-state index in [9.17, 15) is 4.79 Å². The number of nitrogens with zero attached hydrogens (tertiary/aromatic N) is 1. The molecule has 0 atom stereocenters. The summed E-state index contributed by atoms with van der Waals surface area (Å²) in [6.45, 7) is 0.999. The molecule has 32 heavy (non-hydrogen) atoms. The average Bonchev–Trinajstić information content (AvgIpc) is 3.22. The Labute approximate surface area is 193 Å². The Morgan fingerprint density at radius 1 is 1.00 bits per heavy atom. The smallest absolute Gasteiger partial charge is 0.251 e. The van der Waals surface area contributed by atoms with Crippen molar-refractivity contribution in [3.8, 4) is 11.1 Å². The van der Waals surface area contributed by atoms with Gasteiger partial charge in [0, 0.05) is 55.0 Å². The predicted octanol–water partition coefficient (Wildman–Crippen LogP) is 5.60.